The quantitative estimate of drug-likeness (QED) is 0.873. The zero-order chi connectivity index (χ0) is 13.1. The number of hydrogen-bond donors (Lipinski definition) is 1. The first-order chi connectivity index (χ1) is 9.38. The van der Waals surface area contributed by atoms with E-state index in [2.05, 4.69) is 46.3 Å². The third-order valence-corrected chi connectivity index (χ3v) is 4.28. The van der Waals surface area contributed by atoms with Crippen LogP contribution in [0.1, 0.15) is 25.3 Å². The zero-order valence-corrected chi connectivity index (χ0v) is 11.9. The molecule has 1 aromatic rings. The molecule has 3 rings (SSSR count). The third-order valence-electron chi connectivity index (χ3n) is 4.28. The first kappa shape index (κ1) is 12.9. The summed E-state index contributed by atoms with van der Waals surface area (Å²) >= 11 is 0. The molecule has 1 N–H and O–H groups in total. The third kappa shape index (κ3) is 3.10. The average molecular weight is 259 g/mol. The maximum absolute atomic E-state index is 3.44. The predicted octanol–water partition coefficient (Wildman–Crippen LogP) is 2.08. The Hall–Kier alpha value is -1.06. The van der Waals surface area contributed by atoms with Crippen LogP contribution in [0.5, 0.6) is 0 Å². The van der Waals surface area contributed by atoms with Crippen LogP contribution in [-0.2, 0) is 6.54 Å². The molecule has 0 aromatic heterocycles. The Labute approximate surface area is 116 Å². The van der Waals surface area contributed by atoms with Gasteiger partial charge in [-0.2, -0.15) is 0 Å². The molecule has 1 saturated heterocycles. The Balaban J connectivity index is 1.64. The number of anilines is 1. The standard InChI is InChI=1S/C16H25N3/c1-2-17-13-14-5-3-4-6-16(14)19-11-9-18(10-12-19)15-7-8-15/h3-6,15,17H,2,7-13H2,1H3. The lowest BCUT2D eigenvalue weighted by Crippen LogP contribution is -2.47. The van der Waals surface area contributed by atoms with Crippen LogP contribution >= 0.6 is 0 Å². The molecule has 1 saturated carbocycles. The molecule has 0 radical (unpaired) electrons. The Morgan fingerprint density at radius 1 is 1.11 bits per heavy atom. The molecule has 0 spiro atoms. The van der Waals surface area contributed by atoms with Crippen molar-refractivity contribution in [3.63, 3.8) is 0 Å². The monoisotopic (exact) mass is 259 g/mol. The molecule has 1 aliphatic carbocycles. The van der Waals surface area contributed by atoms with Crippen molar-refractivity contribution in [1.29, 1.82) is 0 Å². The smallest absolute Gasteiger partial charge is 0.0412 e. The van der Waals surface area contributed by atoms with Gasteiger partial charge in [-0.25, -0.2) is 0 Å². The molecule has 0 unspecified atom stereocenters. The highest BCUT2D eigenvalue weighted by atomic mass is 15.3. The largest absolute Gasteiger partial charge is 0.369 e. The Morgan fingerprint density at radius 3 is 2.53 bits per heavy atom. The van der Waals surface area contributed by atoms with Crippen molar-refractivity contribution in [3.05, 3.63) is 29.8 Å². The van der Waals surface area contributed by atoms with Crippen molar-refractivity contribution >= 4 is 5.69 Å². The van der Waals surface area contributed by atoms with Gasteiger partial charge in [0.1, 0.15) is 0 Å². The molecule has 104 valence electrons. The lowest BCUT2D eigenvalue weighted by molar-refractivity contribution is 0.248. The van der Waals surface area contributed by atoms with Crippen molar-refractivity contribution < 1.29 is 0 Å². The molecule has 19 heavy (non-hydrogen) atoms. The first-order valence-electron chi connectivity index (χ1n) is 7.66. The van der Waals surface area contributed by atoms with Gasteiger partial charge in [0.25, 0.3) is 0 Å². The summed E-state index contributed by atoms with van der Waals surface area (Å²) in [5, 5.41) is 3.44. The number of rotatable bonds is 5. The molecule has 1 aromatic carbocycles. The molecule has 3 heteroatoms. The van der Waals surface area contributed by atoms with E-state index >= 15 is 0 Å². The number of piperazine rings is 1. The minimum Gasteiger partial charge on any atom is -0.369 e. The van der Waals surface area contributed by atoms with Crippen molar-refractivity contribution in [3.8, 4) is 0 Å². The van der Waals surface area contributed by atoms with Crippen LogP contribution in [0.15, 0.2) is 24.3 Å². The highest BCUT2D eigenvalue weighted by Gasteiger charge is 2.31. The number of para-hydroxylation sites is 1. The van der Waals surface area contributed by atoms with Gasteiger partial charge < -0.3 is 10.2 Å². The summed E-state index contributed by atoms with van der Waals surface area (Å²) in [6, 6.07) is 9.76. The van der Waals surface area contributed by atoms with Crippen LogP contribution < -0.4 is 10.2 Å². The normalized spacial score (nSPS) is 20.8. The van der Waals surface area contributed by atoms with Crippen molar-refractivity contribution in [2.45, 2.75) is 32.4 Å². The highest BCUT2D eigenvalue weighted by molar-refractivity contribution is 5.54. The summed E-state index contributed by atoms with van der Waals surface area (Å²) in [6.07, 6.45) is 2.86. The van der Waals surface area contributed by atoms with Gasteiger partial charge in [-0.05, 0) is 31.0 Å². The summed E-state index contributed by atoms with van der Waals surface area (Å²) in [5.41, 5.74) is 2.86. The fourth-order valence-electron chi connectivity index (χ4n) is 3.00. The van der Waals surface area contributed by atoms with Gasteiger partial charge in [0.05, 0.1) is 0 Å². The Morgan fingerprint density at radius 2 is 1.84 bits per heavy atom. The van der Waals surface area contributed by atoms with Crippen molar-refractivity contribution in [2.75, 3.05) is 37.6 Å². The summed E-state index contributed by atoms with van der Waals surface area (Å²) in [7, 11) is 0. The van der Waals surface area contributed by atoms with E-state index in [0.717, 1.165) is 19.1 Å². The van der Waals surface area contributed by atoms with Crippen molar-refractivity contribution in [2.24, 2.45) is 0 Å². The maximum Gasteiger partial charge on any atom is 0.0412 e. The molecule has 3 nitrogen and oxygen atoms in total. The van der Waals surface area contributed by atoms with E-state index in [1.54, 1.807) is 0 Å². The van der Waals surface area contributed by atoms with E-state index in [1.165, 1.54) is 50.3 Å². The van der Waals surface area contributed by atoms with E-state index in [1.807, 2.05) is 0 Å². The summed E-state index contributed by atoms with van der Waals surface area (Å²) in [4.78, 5) is 5.23. The molecule has 0 bridgehead atoms. The number of hydrogen-bond acceptors (Lipinski definition) is 3. The van der Waals surface area contributed by atoms with Gasteiger partial charge in [0, 0.05) is 44.5 Å². The van der Waals surface area contributed by atoms with Crippen LogP contribution in [0.25, 0.3) is 0 Å². The minimum absolute atomic E-state index is 0.916. The Bertz CT molecular complexity index is 406. The first-order valence-corrected chi connectivity index (χ1v) is 7.66. The zero-order valence-electron chi connectivity index (χ0n) is 11.9. The van der Waals surface area contributed by atoms with E-state index in [4.69, 9.17) is 0 Å². The number of benzene rings is 1. The summed E-state index contributed by atoms with van der Waals surface area (Å²) < 4.78 is 0. The Kier molecular flexibility index (Phi) is 4.04. The SMILES string of the molecule is CCNCc1ccccc1N1CCN(C2CC2)CC1. The van der Waals surface area contributed by atoms with E-state index < -0.39 is 0 Å². The molecule has 0 amide bonds. The van der Waals surface area contributed by atoms with E-state index in [-0.39, 0.29) is 0 Å². The molecular weight excluding hydrogens is 234 g/mol. The van der Waals surface area contributed by atoms with E-state index in [0.29, 0.717) is 0 Å². The maximum atomic E-state index is 3.44. The topological polar surface area (TPSA) is 18.5 Å². The molecule has 0 atom stereocenters. The summed E-state index contributed by atoms with van der Waals surface area (Å²) in [5.74, 6) is 0. The second kappa shape index (κ2) is 5.93. The van der Waals surface area contributed by atoms with Gasteiger partial charge >= 0.3 is 0 Å². The van der Waals surface area contributed by atoms with Gasteiger partial charge in [0.2, 0.25) is 0 Å². The predicted molar refractivity (Wildman–Crippen MR) is 80.6 cm³/mol. The second-order valence-electron chi connectivity index (χ2n) is 5.66. The van der Waals surface area contributed by atoms with Gasteiger partial charge in [-0.1, -0.05) is 25.1 Å². The van der Waals surface area contributed by atoms with Gasteiger partial charge in [-0.15, -0.1) is 0 Å². The van der Waals surface area contributed by atoms with Crippen molar-refractivity contribution in [1.82, 2.24) is 10.2 Å². The lowest BCUT2D eigenvalue weighted by atomic mass is 10.1. The lowest BCUT2D eigenvalue weighted by Gasteiger charge is -2.37. The van der Waals surface area contributed by atoms with Gasteiger partial charge in [-0.3, -0.25) is 4.90 Å². The minimum atomic E-state index is 0.916. The van der Waals surface area contributed by atoms with Crippen LogP contribution in [-0.4, -0.2) is 43.7 Å². The summed E-state index contributed by atoms with van der Waals surface area (Å²) in [6.45, 7) is 9.01. The molecular formula is C16H25N3. The second-order valence-corrected chi connectivity index (χ2v) is 5.66. The highest BCUT2D eigenvalue weighted by Crippen LogP contribution is 2.29. The number of nitrogens with zero attached hydrogens (tertiary/aromatic N) is 2. The molecule has 2 aliphatic rings. The molecule has 2 fully saturated rings. The van der Waals surface area contributed by atoms with Crippen LogP contribution in [0.3, 0.4) is 0 Å². The van der Waals surface area contributed by atoms with Crippen LogP contribution in [0.4, 0.5) is 5.69 Å². The van der Waals surface area contributed by atoms with E-state index in [9.17, 15) is 0 Å². The fraction of sp³-hybridized carbons (Fsp3) is 0.625. The molecule has 1 aliphatic heterocycles. The average Bonchev–Trinajstić information content (AvgIpc) is 3.30. The van der Waals surface area contributed by atoms with Gasteiger partial charge in [0.15, 0.2) is 0 Å². The molecule has 1 heterocycles. The van der Waals surface area contributed by atoms with Crippen LogP contribution in [0, 0.1) is 0 Å². The van der Waals surface area contributed by atoms with Crippen LogP contribution in [0.2, 0.25) is 0 Å². The fourth-order valence-corrected chi connectivity index (χ4v) is 3.00. The number of nitrogens with one attached hydrogen (secondary N) is 1.